The van der Waals surface area contributed by atoms with Gasteiger partial charge in [0.25, 0.3) is 0 Å². The molecular formula is C18H19NO3. The Bertz CT molecular complexity index is 638. The van der Waals surface area contributed by atoms with Crippen molar-refractivity contribution in [2.45, 2.75) is 32.1 Å². The van der Waals surface area contributed by atoms with Crippen molar-refractivity contribution < 1.29 is 14.6 Å². The Morgan fingerprint density at radius 3 is 2.45 bits per heavy atom. The van der Waals surface area contributed by atoms with Crippen LogP contribution in [0.25, 0.3) is 0 Å². The normalized spacial score (nSPS) is 13.7. The SMILES string of the molecule is O=C(OCc1ccccc1)N(c1ccccc1CO)C1CC1. The highest BCUT2D eigenvalue weighted by Gasteiger charge is 2.35. The van der Waals surface area contributed by atoms with Crippen LogP contribution in [0.1, 0.15) is 24.0 Å². The number of aliphatic hydroxyl groups excluding tert-OH is 1. The maximum atomic E-state index is 12.5. The van der Waals surface area contributed by atoms with Crippen LogP contribution in [0.15, 0.2) is 54.6 Å². The Morgan fingerprint density at radius 1 is 1.09 bits per heavy atom. The molecule has 0 aliphatic heterocycles. The predicted molar refractivity (Wildman–Crippen MR) is 84.5 cm³/mol. The summed E-state index contributed by atoms with van der Waals surface area (Å²) in [5.41, 5.74) is 2.44. The molecule has 0 aromatic heterocycles. The molecule has 0 bridgehead atoms. The molecule has 0 spiro atoms. The van der Waals surface area contributed by atoms with Gasteiger partial charge in [-0.2, -0.15) is 0 Å². The summed E-state index contributed by atoms with van der Waals surface area (Å²) in [7, 11) is 0. The quantitative estimate of drug-likeness (QED) is 0.919. The van der Waals surface area contributed by atoms with Crippen LogP contribution in [0.5, 0.6) is 0 Å². The van der Waals surface area contributed by atoms with E-state index >= 15 is 0 Å². The van der Waals surface area contributed by atoms with Gasteiger partial charge in [0.15, 0.2) is 0 Å². The summed E-state index contributed by atoms with van der Waals surface area (Å²) in [5, 5.41) is 9.48. The molecule has 0 saturated heterocycles. The van der Waals surface area contributed by atoms with E-state index < -0.39 is 0 Å². The fourth-order valence-electron chi connectivity index (χ4n) is 2.45. The molecule has 1 aliphatic rings. The van der Waals surface area contributed by atoms with E-state index in [0.717, 1.165) is 29.7 Å². The number of carbonyl (C=O) groups excluding carboxylic acids is 1. The first-order chi connectivity index (χ1) is 10.8. The molecule has 3 rings (SSSR count). The number of ether oxygens (including phenoxy) is 1. The number of carbonyl (C=O) groups is 1. The molecule has 1 amide bonds. The lowest BCUT2D eigenvalue weighted by atomic mass is 10.1. The van der Waals surface area contributed by atoms with Gasteiger partial charge in [-0.1, -0.05) is 48.5 Å². The molecule has 1 saturated carbocycles. The van der Waals surface area contributed by atoms with Crippen LogP contribution in [0.2, 0.25) is 0 Å². The van der Waals surface area contributed by atoms with Crippen molar-refractivity contribution in [1.82, 2.24) is 0 Å². The van der Waals surface area contributed by atoms with Crippen LogP contribution in [0.3, 0.4) is 0 Å². The highest BCUT2D eigenvalue weighted by atomic mass is 16.6. The standard InChI is InChI=1S/C18H19NO3/c20-12-15-8-4-5-9-17(15)19(16-10-11-16)18(21)22-13-14-6-2-1-3-7-14/h1-9,16,20H,10-13H2. The number of hydrogen-bond donors (Lipinski definition) is 1. The van der Waals surface area contributed by atoms with Crippen LogP contribution in [-0.4, -0.2) is 17.2 Å². The number of anilines is 1. The summed E-state index contributed by atoms with van der Waals surface area (Å²) in [4.78, 5) is 14.2. The van der Waals surface area contributed by atoms with E-state index in [4.69, 9.17) is 4.74 Å². The van der Waals surface area contributed by atoms with Crippen molar-refractivity contribution in [3.05, 3.63) is 65.7 Å². The minimum Gasteiger partial charge on any atom is -0.444 e. The highest BCUT2D eigenvalue weighted by molar-refractivity contribution is 5.90. The van der Waals surface area contributed by atoms with Gasteiger partial charge in [-0.25, -0.2) is 4.79 Å². The number of benzene rings is 2. The number of hydrogen-bond acceptors (Lipinski definition) is 3. The number of nitrogens with zero attached hydrogens (tertiary/aromatic N) is 1. The topological polar surface area (TPSA) is 49.8 Å². The van der Waals surface area contributed by atoms with E-state index in [2.05, 4.69) is 0 Å². The third-order valence-electron chi connectivity index (χ3n) is 3.74. The first-order valence-electron chi connectivity index (χ1n) is 7.48. The van der Waals surface area contributed by atoms with Crippen molar-refractivity contribution in [2.75, 3.05) is 4.90 Å². The van der Waals surface area contributed by atoms with E-state index in [9.17, 15) is 9.90 Å². The summed E-state index contributed by atoms with van der Waals surface area (Å²) < 4.78 is 5.45. The maximum absolute atomic E-state index is 12.5. The molecular weight excluding hydrogens is 278 g/mol. The van der Waals surface area contributed by atoms with Crippen LogP contribution in [0, 0.1) is 0 Å². The Hall–Kier alpha value is -2.33. The van der Waals surface area contributed by atoms with E-state index in [-0.39, 0.29) is 25.3 Å². The zero-order chi connectivity index (χ0) is 15.4. The molecule has 2 aromatic rings. The molecule has 0 heterocycles. The summed E-state index contributed by atoms with van der Waals surface area (Å²) in [6.07, 6.45) is 1.59. The maximum Gasteiger partial charge on any atom is 0.414 e. The predicted octanol–water partition coefficient (Wildman–Crippen LogP) is 3.48. The molecule has 22 heavy (non-hydrogen) atoms. The lowest BCUT2D eigenvalue weighted by Gasteiger charge is -2.24. The molecule has 114 valence electrons. The molecule has 1 fully saturated rings. The molecule has 0 radical (unpaired) electrons. The van der Waals surface area contributed by atoms with Crippen LogP contribution in [0.4, 0.5) is 10.5 Å². The van der Waals surface area contributed by atoms with Crippen molar-refractivity contribution in [2.24, 2.45) is 0 Å². The largest absolute Gasteiger partial charge is 0.444 e. The second kappa shape index (κ2) is 6.62. The third kappa shape index (κ3) is 3.28. The number of amides is 1. The molecule has 0 unspecified atom stereocenters. The van der Waals surface area contributed by atoms with Gasteiger partial charge in [-0.3, -0.25) is 4.90 Å². The Morgan fingerprint density at radius 2 is 1.77 bits per heavy atom. The lowest BCUT2D eigenvalue weighted by Crippen LogP contribution is -2.34. The Labute approximate surface area is 130 Å². The molecule has 1 N–H and O–H groups in total. The van der Waals surface area contributed by atoms with Gasteiger partial charge in [0.1, 0.15) is 6.61 Å². The molecule has 0 atom stereocenters. The van der Waals surface area contributed by atoms with Gasteiger partial charge < -0.3 is 9.84 Å². The van der Waals surface area contributed by atoms with Gasteiger partial charge >= 0.3 is 6.09 Å². The summed E-state index contributed by atoms with van der Waals surface area (Å²) in [6, 6.07) is 17.2. The Balaban J connectivity index is 1.75. The van der Waals surface area contributed by atoms with Gasteiger partial charge in [0.05, 0.1) is 12.3 Å². The molecule has 2 aromatic carbocycles. The second-order valence-corrected chi connectivity index (χ2v) is 5.43. The van der Waals surface area contributed by atoms with Gasteiger partial charge in [0, 0.05) is 11.6 Å². The zero-order valence-corrected chi connectivity index (χ0v) is 12.3. The second-order valence-electron chi connectivity index (χ2n) is 5.43. The van der Waals surface area contributed by atoms with Crippen molar-refractivity contribution in [3.63, 3.8) is 0 Å². The van der Waals surface area contributed by atoms with Crippen molar-refractivity contribution in [3.8, 4) is 0 Å². The van der Waals surface area contributed by atoms with E-state index in [1.165, 1.54) is 0 Å². The Kier molecular flexibility index (Phi) is 4.39. The summed E-state index contributed by atoms with van der Waals surface area (Å²) in [5.74, 6) is 0. The van der Waals surface area contributed by atoms with E-state index in [0.29, 0.717) is 0 Å². The molecule has 1 aliphatic carbocycles. The first-order valence-corrected chi connectivity index (χ1v) is 7.48. The smallest absolute Gasteiger partial charge is 0.414 e. The fraction of sp³-hybridized carbons (Fsp3) is 0.278. The number of aliphatic hydroxyl groups is 1. The number of para-hydroxylation sites is 1. The number of rotatable bonds is 5. The monoisotopic (exact) mass is 297 g/mol. The first kappa shape index (κ1) is 14.6. The van der Waals surface area contributed by atoms with E-state index in [1.807, 2.05) is 54.6 Å². The van der Waals surface area contributed by atoms with Crippen molar-refractivity contribution >= 4 is 11.8 Å². The van der Waals surface area contributed by atoms with Gasteiger partial charge in [0.2, 0.25) is 0 Å². The highest BCUT2D eigenvalue weighted by Crippen LogP contribution is 2.34. The fourth-order valence-corrected chi connectivity index (χ4v) is 2.45. The van der Waals surface area contributed by atoms with E-state index in [1.54, 1.807) is 4.90 Å². The molecule has 4 nitrogen and oxygen atoms in total. The van der Waals surface area contributed by atoms with Crippen LogP contribution >= 0.6 is 0 Å². The molecule has 4 heteroatoms. The minimum atomic E-state index is -0.354. The average molecular weight is 297 g/mol. The van der Waals surface area contributed by atoms with Crippen LogP contribution in [-0.2, 0) is 18.0 Å². The summed E-state index contributed by atoms with van der Waals surface area (Å²) >= 11 is 0. The van der Waals surface area contributed by atoms with Crippen molar-refractivity contribution in [1.29, 1.82) is 0 Å². The van der Waals surface area contributed by atoms with Gasteiger partial charge in [-0.05, 0) is 24.5 Å². The minimum absolute atomic E-state index is 0.0919. The van der Waals surface area contributed by atoms with Crippen LogP contribution < -0.4 is 4.90 Å². The average Bonchev–Trinajstić information content (AvgIpc) is 3.39. The third-order valence-corrected chi connectivity index (χ3v) is 3.74. The lowest BCUT2D eigenvalue weighted by molar-refractivity contribution is 0.146. The van der Waals surface area contributed by atoms with Gasteiger partial charge in [-0.15, -0.1) is 0 Å². The zero-order valence-electron chi connectivity index (χ0n) is 12.3. The summed E-state index contributed by atoms with van der Waals surface area (Å²) in [6.45, 7) is 0.162.